The van der Waals surface area contributed by atoms with Crippen molar-refractivity contribution in [1.82, 2.24) is 4.98 Å². The highest BCUT2D eigenvalue weighted by molar-refractivity contribution is 6.03. The molecule has 3 aromatic carbocycles. The standard InChI is InChI=1S/C26H21FN4O4/c1-34-23-14-21-15(13-20(23)25(28)32)2-9-24(30-21)35-19-7-8-22-16(12-19)10-11-31(22)26(33)29-18-5-3-17(27)4-6-18/h2-9,12-14H,10-11H2,1H3,(H2,28,32)(H,29,33). The van der Waals surface area contributed by atoms with Gasteiger partial charge in [-0.1, -0.05) is 0 Å². The van der Waals surface area contributed by atoms with E-state index < -0.39 is 5.91 Å². The van der Waals surface area contributed by atoms with Crippen LogP contribution in [-0.4, -0.2) is 30.6 Å². The smallest absolute Gasteiger partial charge is 0.326 e. The molecule has 0 spiro atoms. The average molecular weight is 472 g/mol. The summed E-state index contributed by atoms with van der Waals surface area (Å²) < 4.78 is 24.3. The van der Waals surface area contributed by atoms with Crippen LogP contribution in [0.4, 0.5) is 20.6 Å². The molecule has 0 bridgehead atoms. The fourth-order valence-electron chi connectivity index (χ4n) is 4.05. The van der Waals surface area contributed by atoms with Crippen LogP contribution in [0.3, 0.4) is 0 Å². The number of hydrogen-bond donors (Lipinski definition) is 2. The van der Waals surface area contributed by atoms with Crippen molar-refractivity contribution in [3.63, 3.8) is 0 Å². The number of hydrogen-bond acceptors (Lipinski definition) is 5. The number of nitrogens with zero attached hydrogens (tertiary/aromatic N) is 2. The number of halogens is 1. The second kappa shape index (κ2) is 8.94. The number of nitrogens with two attached hydrogens (primary N) is 1. The number of ether oxygens (including phenoxy) is 2. The van der Waals surface area contributed by atoms with Gasteiger partial charge >= 0.3 is 6.03 Å². The van der Waals surface area contributed by atoms with Gasteiger partial charge in [-0.05, 0) is 66.6 Å². The minimum absolute atomic E-state index is 0.280. The summed E-state index contributed by atoms with van der Waals surface area (Å²) in [5.74, 6) is 0.346. The number of rotatable bonds is 5. The molecule has 1 aromatic heterocycles. The van der Waals surface area contributed by atoms with E-state index in [9.17, 15) is 14.0 Å². The molecule has 2 heterocycles. The molecular weight excluding hydrogens is 451 g/mol. The Hall–Kier alpha value is -4.66. The molecule has 0 unspecified atom stereocenters. The molecule has 0 fully saturated rings. The average Bonchev–Trinajstić information content (AvgIpc) is 3.28. The van der Waals surface area contributed by atoms with E-state index in [1.165, 1.54) is 31.4 Å². The van der Waals surface area contributed by atoms with Gasteiger partial charge in [-0.2, -0.15) is 0 Å². The maximum atomic E-state index is 13.1. The van der Waals surface area contributed by atoms with E-state index in [-0.39, 0.29) is 17.4 Å². The number of carbonyl (C=O) groups excluding carboxylic acids is 2. The predicted octanol–water partition coefficient (Wildman–Crippen LogP) is 4.87. The number of carbonyl (C=O) groups is 2. The van der Waals surface area contributed by atoms with Gasteiger partial charge in [0.05, 0.1) is 18.2 Å². The van der Waals surface area contributed by atoms with E-state index in [0.717, 1.165) is 16.6 Å². The normalized spacial score (nSPS) is 12.3. The predicted molar refractivity (Wildman–Crippen MR) is 130 cm³/mol. The molecule has 3 amide bonds. The number of anilines is 2. The first-order valence-electron chi connectivity index (χ1n) is 10.8. The maximum absolute atomic E-state index is 13.1. The Morgan fingerprint density at radius 1 is 1.06 bits per heavy atom. The minimum atomic E-state index is -0.581. The van der Waals surface area contributed by atoms with Crippen molar-refractivity contribution in [1.29, 1.82) is 0 Å². The van der Waals surface area contributed by atoms with Gasteiger partial charge in [0.25, 0.3) is 5.91 Å². The van der Waals surface area contributed by atoms with Crippen molar-refractivity contribution >= 4 is 34.2 Å². The van der Waals surface area contributed by atoms with Crippen LogP contribution in [-0.2, 0) is 6.42 Å². The zero-order valence-electron chi connectivity index (χ0n) is 18.7. The van der Waals surface area contributed by atoms with E-state index in [4.69, 9.17) is 15.2 Å². The van der Waals surface area contributed by atoms with E-state index >= 15 is 0 Å². The van der Waals surface area contributed by atoms with Gasteiger partial charge < -0.3 is 20.5 Å². The largest absolute Gasteiger partial charge is 0.496 e. The molecule has 0 atom stereocenters. The van der Waals surface area contributed by atoms with Gasteiger partial charge in [0, 0.05) is 35.4 Å². The monoisotopic (exact) mass is 472 g/mol. The van der Waals surface area contributed by atoms with Crippen LogP contribution in [0.25, 0.3) is 10.9 Å². The molecule has 1 aliphatic heterocycles. The number of urea groups is 1. The molecule has 0 saturated heterocycles. The SMILES string of the molecule is COc1cc2nc(Oc3ccc4c(c3)CCN4C(=O)Nc3ccc(F)cc3)ccc2cc1C(N)=O. The molecule has 9 heteroatoms. The summed E-state index contributed by atoms with van der Waals surface area (Å²) in [4.78, 5) is 30.5. The molecule has 0 aliphatic carbocycles. The minimum Gasteiger partial charge on any atom is -0.496 e. The van der Waals surface area contributed by atoms with Crippen LogP contribution < -0.4 is 25.4 Å². The molecule has 0 saturated carbocycles. The summed E-state index contributed by atoms with van der Waals surface area (Å²) in [6, 6.07) is 17.6. The number of aromatic nitrogens is 1. The Labute approximate surface area is 200 Å². The molecule has 35 heavy (non-hydrogen) atoms. The van der Waals surface area contributed by atoms with Crippen molar-refractivity contribution in [3.8, 4) is 17.4 Å². The lowest BCUT2D eigenvalue weighted by Crippen LogP contribution is -2.33. The first-order valence-corrected chi connectivity index (χ1v) is 10.8. The van der Waals surface area contributed by atoms with Crippen molar-refractivity contribution in [2.24, 2.45) is 5.73 Å². The van der Waals surface area contributed by atoms with Gasteiger partial charge in [-0.25, -0.2) is 14.2 Å². The third-order valence-electron chi connectivity index (χ3n) is 5.76. The van der Waals surface area contributed by atoms with Crippen LogP contribution in [0, 0.1) is 5.82 Å². The molecule has 8 nitrogen and oxygen atoms in total. The molecule has 0 radical (unpaired) electrons. The lowest BCUT2D eigenvalue weighted by Gasteiger charge is -2.18. The number of methoxy groups -OCH3 is 1. The van der Waals surface area contributed by atoms with Crippen LogP contribution in [0.5, 0.6) is 17.4 Å². The Kier molecular flexibility index (Phi) is 5.66. The van der Waals surface area contributed by atoms with E-state index in [0.29, 0.717) is 41.5 Å². The van der Waals surface area contributed by atoms with Gasteiger partial charge in [-0.3, -0.25) is 9.69 Å². The summed E-state index contributed by atoms with van der Waals surface area (Å²) in [5.41, 5.74) is 8.56. The summed E-state index contributed by atoms with van der Waals surface area (Å²) in [6.07, 6.45) is 0.668. The Morgan fingerprint density at radius 2 is 1.86 bits per heavy atom. The van der Waals surface area contributed by atoms with Crippen molar-refractivity contribution in [3.05, 3.63) is 83.7 Å². The number of amides is 3. The third-order valence-corrected chi connectivity index (χ3v) is 5.76. The summed E-state index contributed by atoms with van der Waals surface area (Å²) >= 11 is 0. The zero-order valence-corrected chi connectivity index (χ0v) is 18.7. The van der Waals surface area contributed by atoms with Crippen LogP contribution in [0.15, 0.2) is 66.7 Å². The Morgan fingerprint density at radius 3 is 2.60 bits per heavy atom. The summed E-state index contributed by atoms with van der Waals surface area (Å²) in [6.45, 7) is 0.516. The fourth-order valence-corrected chi connectivity index (χ4v) is 4.05. The first kappa shape index (κ1) is 22.1. The van der Waals surface area contributed by atoms with Crippen molar-refractivity contribution in [2.45, 2.75) is 6.42 Å². The highest BCUT2D eigenvalue weighted by Crippen LogP contribution is 2.34. The fraction of sp³-hybridized carbons (Fsp3) is 0.115. The number of benzene rings is 3. The first-order chi connectivity index (χ1) is 16.9. The number of primary amides is 1. The molecule has 3 N–H and O–H groups in total. The number of pyridine rings is 1. The Balaban J connectivity index is 1.34. The zero-order chi connectivity index (χ0) is 24.5. The van der Waals surface area contributed by atoms with Crippen LogP contribution >= 0.6 is 0 Å². The maximum Gasteiger partial charge on any atom is 0.326 e. The quantitative estimate of drug-likeness (QED) is 0.431. The van der Waals surface area contributed by atoms with E-state index in [2.05, 4.69) is 10.3 Å². The van der Waals surface area contributed by atoms with Gasteiger partial charge in [0.1, 0.15) is 17.3 Å². The van der Waals surface area contributed by atoms with Crippen LogP contribution in [0.1, 0.15) is 15.9 Å². The highest BCUT2D eigenvalue weighted by atomic mass is 19.1. The second-order valence-corrected chi connectivity index (χ2v) is 7.99. The third kappa shape index (κ3) is 4.43. The molecule has 5 rings (SSSR count). The van der Waals surface area contributed by atoms with Crippen molar-refractivity contribution in [2.75, 3.05) is 23.9 Å². The lowest BCUT2D eigenvalue weighted by molar-refractivity contribution is 0.0997. The van der Waals surface area contributed by atoms with Crippen LogP contribution in [0.2, 0.25) is 0 Å². The van der Waals surface area contributed by atoms with E-state index in [1.54, 1.807) is 35.2 Å². The van der Waals surface area contributed by atoms with Crippen molar-refractivity contribution < 1.29 is 23.5 Å². The molecule has 1 aliphatic rings. The molecular formula is C26H21FN4O4. The summed E-state index contributed by atoms with van der Waals surface area (Å²) in [7, 11) is 1.46. The number of nitrogens with one attached hydrogen (secondary N) is 1. The van der Waals surface area contributed by atoms with Gasteiger partial charge in [0.2, 0.25) is 5.88 Å². The summed E-state index contributed by atoms with van der Waals surface area (Å²) in [5, 5.41) is 3.51. The molecule has 4 aromatic rings. The highest BCUT2D eigenvalue weighted by Gasteiger charge is 2.25. The van der Waals surface area contributed by atoms with E-state index in [1.807, 2.05) is 12.1 Å². The number of fused-ring (bicyclic) bond motifs is 2. The second-order valence-electron chi connectivity index (χ2n) is 7.99. The van der Waals surface area contributed by atoms with Gasteiger partial charge in [0.15, 0.2) is 0 Å². The van der Waals surface area contributed by atoms with Gasteiger partial charge in [-0.15, -0.1) is 0 Å². The lowest BCUT2D eigenvalue weighted by atomic mass is 10.1. The topological polar surface area (TPSA) is 107 Å². The Bertz CT molecular complexity index is 1460. The molecule has 176 valence electrons.